The van der Waals surface area contributed by atoms with E-state index in [0.717, 1.165) is 26.1 Å². The van der Waals surface area contributed by atoms with Gasteiger partial charge in [-0.1, -0.05) is 6.07 Å². The SMILES string of the molecule is CC(=O)c1ccc(SC2CCOCC2)c(F)c1. The van der Waals surface area contributed by atoms with Gasteiger partial charge in [-0.2, -0.15) is 0 Å². The van der Waals surface area contributed by atoms with Gasteiger partial charge in [0.25, 0.3) is 0 Å². The van der Waals surface area contributed by atoms with Crippen molar-refractivity contribution in [3.63, 3.8) is 0 Å². The van der Waals surface area contributed by atoms with E-state index in [-0.39, 0.29) is 11.6 Å². The van der Waals surface area contributed by atoms with E-state index in [1.165, 1.54) is 13.0 Å². The van der Waals surface area contributed by atoms with E-state index in [2.05, 4.69) is 0 Å². The second-order valence-electron chi connectivity index (χ2n) is 4.13. The zero-order valence-electron chi connectivity index (χ0n) is 9.74. The second kappa shape index (κ2) is 5.65. The van der Waals surface area contributed by atoms with Crippen LogP contribution in [-0.2, 0) is 4.74 Å². The van der Waals surface area contributed by atoms with Crippen molar-refractivity contribution in [2.75, 3.05) is 13.2 Å². The van der Waals surface area contributed by atoms with Gasteiger partial charge in [-0.05, 0) is 31.9 Å². The number of hydrogen-bond donors (Lipinski definition) is 0. The highest BCUT2D eigenvalue weighted by molar-refractivity contribution is 8.00. The van der Waals surface area contributed by atoms with Crippen molar-refractivity contribution < 1.29 is 13.9 Å². The molecule has 0 N–H and O–H groups in total. The van der Waals surface area contributed by atoms with Crippen LogP contribution < -0.4 is 0 Å². The molecule has 1 aromatic rings. The Hall–Kier alpha value is -0.870. The number of carbonyl (C=O) groups excluding carboxylic acids is 1. The van der Waals surface area contributed by atoms with Crippen LogP contribution in [0.2, 0.25) is 0 Å². The number of ketones is 1. The number of carbonyl (C=O) groups is 1. The van der Waals surface area contributed by atoms with Gasteiger partial charge in [0.05, 0.1) is 0 Å². The Kier molecular flexibility index (Phi) is 4.18. The highest BCUT2D eigenvalue weighted by Crippen LogP contribution is 2.31. The molecule has 17 heavy (non-hydrogen) atoms. The summed E-state index contributed by atoms with van der Waals surface area (Å²) < 4.78 is 19.0. The van der Waals surface area contributed by atoms with Crippen molar-refractivity contribution in [2.24, 2.45) is 0 Å². The van der Waals surface area contributed by atoms with Crippen molar-refractivity contribution in [3.8, 4) is 0 Å². The lowest BCUT2D eigenvalue weighted by Gasteiger charge is -2.21. The fourth-order valence-electron chi connectivity index (χ4n) is 1.79. The van der Waals surface area contributed by atoms with Crippen LogP contribution in [0.15, 0.2) is 23.1 Å². The van der Waals surface area contributed by atoms with E-state index >= 15 is 0 Å². The first-order valence-corrected chi connectivity index (χ1v) is 6.59. The number of rotatable bonds is 3. The Labute approximate surface area is 105 Å². The van der Waals surface area contributed by atoms with Gasteiger partial charge < -0.3 is 4.74 Å². The third-order valence-electron chi connectivity index (χ3n) is 2.80. The zero-order chi connectivity index (χ0) is 12.3. The molecule has 1 aromatic carbocycles. The van der Waals surface area contributed by atoms with Crippen LogP contribution in [0, 0.1) is 5.82 Å². The Morgan fingerprint density at radius 2 is 2.12 bits per heavy atom. The molecule has 0 unspecified atom stereocenters. The van der Waals surface area contributed by atoms with Gasteiger partial charge in [-0.15, -0.1) is 11.8 Å². The first-order valence-electron chi connectivity index (χ1n) is 5.71. The molecule has 92 valence electrons. The maximum Gasteiger partial charge on any atom is 0.159 e. The van der Waals surface area contributed by atoms with Gasteiger partial charge in [-0.3, -0.25) is 4.79 Å². The minimum atomic E-state index is -0.297. The fraction of sp³-hybridized carbons (Fsp3) is 0.462. The lowest BCUT2D eigenvalue weighted by Crippen LogP contribution is -2.17. The van der Waals surface area contributed by atoms with Crippen molar-refractivity contribution in [3.05, 3.63) is 29.6 Å². The molecule has 0 saturated carbocycles. The first-order chi connectivity index (χ1) is 8.16. The summed E-state index contributed by atoms with van der Waals surface area (Å²) in [5.74, 6) is -0.402. The first kappa shape index (κ1) is 12.6. The summed E-state index contributed by atoms with van der Waals surface area (Å²) in [4.78, 5) is 11.7. The van der Waals surface area contributed by atoms with Crippen LogP contribution in [0.25, 0.3) is 0 Å². The van der Waals surface area contributed by atoms with Gasteiger partial charge in [0.2, 0.25) is 0 Å². The van der Waals surface area contributed by atoms with Crippen LogP contribution >= 0.6 is 11.8 Å². The van der Waals surface area contributed by atoms with Crippen molar-refractivity contribution in [2.45, 2.75) is 29.9 Å². The van der Waals surface area contributed by atoms with E-state index in [1.54, 1.807) is 23.9 Å². The number of thioether (sulfide) groups is 1. The Morgan fingerprint density at radius 3 is 2.71 bits per heavy atom. The Balaban J connectivity index is 2.08. The van der Waals surface area contributed by atoms with Crippen LogP contribution in [0.3, 0.4) is 0 Å². The van der Waals surface area contributed by atoms with Crippen LogP contribution in [0.1, 0.15) is 30.1 Å². The molecular formula is C13H15FO2S. The summed E-state index contributed by atoms with van der Waals surface area (Å²) in [7, 11) is 0. The molecule has 2 rings (SSSR count). The third kappa shape index (κ3) is 3.30. The number of Topliss-reactive ketones (excluding diaryl/α,β-unsaturated/α-hetero) is 1. The molecule has 1 aliphatic heterocycles. The summed E-state index contributed by atoms with van der Waals surface area (Å²) in [6, 6.07) is 4.71. The van der Waals surface area contributed by atoms with Crippen molar-refractivity contribution in [1.82, 2.24) is 0 Å². The Morgan fingerprint density at radius 1 is 1.41 bits per heavy atom. The molecule has 1 heterocycles. The average molecular weight is 254 g/mol. The molecule has 4 heteroatoms. The molecule has 1 aliphatic rings. The summed E-state index contributed by atoms with van der Waals surface area (Å²) in [6.07, 6.45) is 1.91. The molecule has 0 spiro atoms. The van der Waals surface area contributed by atoms with E-state index < -0.39 is 0 Å². The predicted molar refractivity (Wildman–Crippen MR) is 66.1 cm³/mol. The van der Waals surface area contributed by atoms with E-state index in [4.69, 9.17) is 4.74 Å². The standard InChI is InChI=1S/C13H15FO2S/c1-9(15)10-2-3-13(12(14)8-10)17-11-4-6-16-7-5-11/h2-3,8,11H,4-7H2,1H3. The number of halogens is 1. The van der Waals surface area contributed by atoms with Crippen LogP contribution in [0.5, 0.6) is 0 Å². The van der Waals surface area contributed by atoms with Gasteiger partial charge in [-0.25, -0.2) is 4.39 Å². The van der Waals surface area contributed by atoms with Crippen LogP contribution in [0.4, 0.5) is 4.39 Å². The number of hydrogen-bond acceptors (Lipinski definition) is 3. The summed E-state index contributed by atoms with van der Waals surface area (Å²) in [6.45, 7) is 2.95. The zero-order valence-corrected chi connectivity index (χ0v) is 10.6. The van der Waals surface area contributed by atoms with Gasteiger partial charge in [0.1, 0.15) is 5.82 Å². The highest BCUT2D eigenvalue weighted by Gasteiger charge is 2.17. The predicted octanol–water partition coefficient (Wildman–Crippen LogP) is 3.30. The van der Waals surface area contributed by atoms with E-state index in [9.17, 15) is 9.18 Å². The largest absolute Gasteiger partial charge is 0.381 e. The minimum absolute atomic E-state index is 0.105. The van der Waals surface area contributed by atoms with Gasteiger partial charge in [0.15, 0.2) is 5.78 Å². The summed E-state index contributed by atoms with van der Waals surface area (Å²) in [5.41, 5.74) is 0.429. The lowest BCUT2D eigenvalue weighted by molar-refractivity contribution is 0.1000. The van der Waals surface area contributed by atoms with Gasteiger partial charge >= 0.3 is 0 Å². The minimum Gasteiger partial charge on any atom is -0.381 e. The molecule has 0 aromatic heterocycles. The molecule has 0 bridgehead atoms. The number of benzene rings is 1. The molecule has 0 aliphatic carbocycles. The fourth-order valence-corrected chi connectivity index (χ4v) is 2.89. The average Bonchev–Trinajstić information content (AvgIpc) is 2.33. The maximum atomic E-state index is 13.8. The molecule has 0 amide bonds. The third-order valence-corrected chi connectivity index (χ3v) is 4.19. The molecule has 1 saturated heterocycles. The maximum absolute atomic E-state index is 13.8. The monoisotopic (exact) mass is 254 g/mol. The second-order valence-corrected chi connectivity index (χ2v) is 5.47. The molecule has 1 fully saturated rings. The van der Waals surface area contributed by atoms with E-state index in [1.807, 2.05) is 0 Å². The quantitative estimate of drug-likeness (QED) is 0.774. The normalized spacial score (nSPS) is 17.1. The Bertz CT molecular complexity index is 414. The molecule has 0 radical (unpaired) electrons. The number of ether oxygens (including phenoxy) is 1. The van der Waals surface area contributed by atoms with Crippen molar-refractivity contribution >= 4 is 17.5 Å². The lowest BCUT2D eigenvalue weighted by atomic mass is 10.1. The molecule has 0 atom stereocenters. The smallest absolute Gasteiger partial charge is 0.159 e. The van der Waals surface area contributed by atoms with Gasteiger partial charge in [0, 0.05) is 28.9 Å². The summed E-state index contributed by atoms with van der Waals surface area (Å²) >= 11 is 1.55. The molecule has 2 nitrogen and oxygen atoms in total. The van der Waals surface area contributed by atoms with Crippen molar-refractivity contribution in [1.29, 1.82) is 0 Å². The summed E-state index contributed by atoms with van der Waals surface area (Å²) in [5, 5.41) is 0.418. The molecular weight excluding hydrogens is 239 g/mol. The highest BCUT2D eigenvalue weighted by atomic mass is 32.2. The van der Waals surface area contributed by atoms with Crippen LogP contribution in [-0.4, -0.2) is 24.2 Å². The van der Waals surface area contributed by atoms with E-state index in [0.29, 0.717) is 15.7 Å². The topological polar surface area (TPSA) is 26.3 Å².